The highest BCUT2D eigenvalue weighted by atomic mass is 31.2. The Morgan fingerprint density at radius 3 is 1.44 bits per heavy atom. The van der Waals surface area contributed by atoms with E-state index in [4.69, 9.17) is 9.84 Å². The minimum absolute atomic E-state index is 0.0294. The van der Waals surface area contributed by atoms with Crippen LogP contribution in [0.4, 0.5) is 0 Å². The molecule has 0 aliphatic heterocycles. The van der Waals surface area contributed by atoms with Crippen LogP contribution in [0.2, 0.25) is 0 Å². The first kappa shape index (κ1) is 43.5. The third-order valence-corrected chi connectivity index (χ3v) is 8.66. The summed E-state index contributed by atoms with van der Waals surface area (Å²) in [6, 6.07) is -1.54. The Morgan fingerprint density at radius 1 is 0.644 bits per heavy atom. The maximum atomic E-state index is 11.9. The lowest BCUT2D eigenvalue weighted by molar-refractivity contribution is -0.147. The van der Waals surface area contributed by atoms with E-state index in [1.807, 2.05) is 0 Å². The molecule has 4 N–H and O–H groups in total. The number of unbranched alkanes of at least 4 members (excludes halogenated alkanes) is 20. The van der Waals surface area contributed by atoms with Gasteiger partial charge in [0.2, 0.25) is 5.91 Å². The van der Waals surface area contributed by atoms with Gasteiger partial charge in [0.1, 0.15) is 12.7 Å². The van der Waals surface area contributed by atoms with Gasteiger partial charge in [-0.25, -0.2) is 9.36 Å². The van der Waals surface area contributed by atoms with Gasteiger partial charge in [0.25, 0.3) is 0 Å². The Bertz CT molecular complexity index is 797. The van der Waals surface area contributed by atoms with Crippen molar-refractivity contribution in [3.8, 4) is 0 Å². The number of carboxylic acids is 1. The van der Waals surface area contributed by atoms with Crippen molar-refractivity contribution < 1.29 is 47.8 Å². The van der Waals surface area contributed by atoms with Crippen LogP contribution >= 0.6 is 7.82 Å². The Hall–Kier alpha value is -1.52. The maximum Gasteiger partial charge on any atom is 0.472 e. The molecule has 0 fully saturated rings. The molecule has 45 heavy (non-hydrogen) atoms. The fourth-order valence-electron chi connectivity index (χ4n) is 4.87. The first-order valence-corrected chi connectivity index (χ1v) is 19.1. The summed E-state index contributed by atoms with van der Waals surface area (Å²) in [4.78, 5) is 44.1. The van der Waals surface area contributed by atoms with E-state index in [0.29, 0.717) is 6.42 Å². The fourth-order valence-corrected chi connectivity index (χ4v) is 5.64. The van der Waals surface area contributed by atoms with Gasteiger partial charge in [0.15, 0.2) is 6.04 Å². The molecule has 0 heterocycles. The van der Waals surface area contributed by atoms with E-state index in [2.05, 4.69) is 21.3 Å². The Labute approximate surface area is 272 Å². The molecule has 0 aromatic carbocycles. The average Bonchev–Trinajstić information content (AvgIpc) is 3.01. The molecule has 1 amide bonds. The molecule has 3 unspecified atom stereocenters. The third-order valence-electron chi connectivity index (χ3n) is 7.71. The van der Waals surface area contributed by atoms with E-state index in [1.54, 1.807) is 0 Å². The lowest BCUT2D eigenvalue weighted by atomic mass is 10.0. The molecule has 0 rings (SSSR count). The number of carbonyl (C=O) groups excluding carboxylic acids is 2. The standard InChI is InChI=1S/C33H64NO10P/c1-3-5-6-7-8-9-10-11-12-13-14-15-16-17-18-19-20-21-22-23-24-25-32(37)42-26-29(35)27-43-45(40,41)44-28-30(33(38)39)34-31(36)4-2/h29-30,35H,3-28H2,1-2H3,(H,34,36)(H,38,39)(H,40,41). The molecule has 0 aromatic rings. The molecule has 0 spiro atoms. The minimum atomic E-state index is -4.71. The molecule has 0 aromatic heterocycles. The number of hydrogen-bond acceptors (Lipinski definition) is 8. The summed E-state index contributed by atoms with van der Waals surface area (Å²) in [6.07, 6.45) is 26.0. The van der Waals surface area contributed by atoms with Gasteiger partial charge in [-0.2, -0.15) is 0 Å². The second-order valence-electron chi connectivity index (χ2n) is 12.0. The zero-order chi connectivity index (χ0) is 33.6. The van der Waals surface area contributed by atoms with Crippen molar-refractivity contribution >= 4 is 25.7 Å². The zero-order valence-electron chi connectivity index (χ0n) is 28.2. The molecular formula is C33H64NO10P. The number of nitrogens with one attached hydrogen (secondary N) is 1. The predicted octanol–water partition coefficient (Wildman–Crippen LogP) is 7.61. The largest absolute Gasteiger partial charge is 0.480 e. The van der Waals surface area contributed by atoms with Crippen LogP contribution in [-0.4, -0.2) is 64.9 Å². The summed E-state index contributed by atoms with van der Waals surface area (Å²) >= 11 is 0. The van der Waals surface area contributed by atoms with Gasteiger partial charge in [0.05, 0.1) is 13.2 Å². The van der Waals surface area contributed by atoms with Crippen LogP contribution in [0, 0.1) is 0 Å². The monoisotopic (exact) mass is 665 g/mol. The predicted molar refractivity (Wildman–Crippen MR) is 176 cm³/mol. The quantitative estimate of drug-likeness (QED) is 0.0311. The number of hydrogen-bond donors (Lipinski definition) is 4. The van der Waals surface area contributed by atoms with Crippen molar-refractivity contribution in [2.24, 2.45) is 0 Å². The number of aliphatic hydroxyl groups excluding tert-OH is 1. The van der Waals surface area contributed by atoms with Crippen LogP contribution in [0.5, 0.6) is 0 Å². The van der Waals surface area contributed by atoms with Crippen molar-refractivity contribution in [1.82, 2.24) is 5.32 Å². The second kappa shape index (κ2) is 29.9. The number of carbonyl (C=O) groups is 3. The zero-order valence-corrected chi connectivity index (χ0v) is 29.1. The van der Waals surface area contributed by atoms with Crippen molar-refractivity contribution in [3.05, 3.63) is 0 Å². The molecule has 12 heteroatoms. The molecule has 0 saturated heterocycles. The van der Waals surface area contributed by atoms with E-state index >= 15 is 0 Å². The Morgan fingerprint density at radius 2 is 1.04 bits per heavy atom. The summed E-state index contributed by atoms with van der Waals surface area (Å²) < 4.78 is 26.2. The summed E-state index contributed by atoms with van der Waals surface area (Å²) in [5, 5.41) is 21.1. The number of phosphoric acid groups is 1. The lowest BCUT2D eigenvalue weighted by Gasteiger charge is -2.18. The highest BCUT2D eigenvalue weighted by Crippen LogP contribution is 2.43. The molecule has 0 radical (unpaired) electrons. The van der Waals surface area contributed by atoms with E-state index in [9.17, 15) is 28.9 Å². The van der Waals surface area contributed by atoms with Crippen molar-refractivity contribution in [2.45, 2.75) is 174 Å². The van der Waals surface area contributed by atoms with Crippen LogP contribution in [-0.2, 0) is 32.7 Å². The van der Waals surface area contributed by atoms with Crippen LogP contribution in [0.1, 0.15) is 162 Å². The first-order valence-electron chi connectivity index (χ1n) is 17.6. The van der Waals surface area contributed by atoms with E-state index in [-0.39, 0.29) is 12.8 Å². The van der Waals surface area contributed by atoms with E-state index < -0.39 is 57.6 Å². The van der Waals surface area contributed by atoms with Gasteiger partial charge in [-0.05, 0) is 6.42 Å². The van der Waals surface area contributed by atoms with Gasteiger partial charge >= 0.3 is 19.8 Å². The molecule has 0 saturated carbocycles. The number of phosphoric ester groups is 1. The van der Waals surface area contributed by atoms with Gasteiger partial charge in [-0.15, -0.1) is 0 Å². The Kier molecular flexibility index (Phi) is 28.8. The summed E-state index contributed by atoms with van der Waals surface area (Å²) in [5.41, 5.74) is 0. The van der Waals surface area contributed by atoms with Gasteiger partial charge < -0.3 is 25.2 Å². The van der Waals surface area contributed by atoms with Crippen LogP contribution < -0.4 is 5.32 Å². The summed E-state index contributed by atoms with van der Waals surface area (Å²) in [6.45, 7) is 1.90. The molecular weight excluding hydrogens is 601 g/mol. The van der Waals surface area contributed by atoms with Crippen LogP contribution in [0.15, 0.2) is 0 Å². The lowest BCUT2D eigenvalue weighted by Crippen LogP contribution is -2.43. The minimum Gasteiger partial charge on any atom is -0.480 e. The molecule has 3 atom stereocenters. The third kappa shape index (κ3) is 29.6. The van der Waals surface area contributed by atoms with Crippen molar-refractivity contribution in [1.29, 1.82) is 0 Å². The van der Waals surface area contributed by atoms with Crippen molar-refractivity contribution in [3.63, 3.8) is 0 Å². The first-order chi connectivity index (χ1) is 21.6. The van der Waals surface area contributed by atoms with E-state index in [1.165, 1.54) is 116 Å². The van der Waals surface area contributed by atoms with Crippen LogP contribution in [0.3, 0.4) is 0 Å². The Balaban J connectivity index is 3.60. The number of aliphatic hydroxyl groups is 1. The topological polar surface area (TPSA) is 169 Å². The molecule has 266 valence electrons. The summed E-state index contributed by atoms with van der Waals surface area (Å²) in [7, 11) is -4.71. The van der Waals surface area contributed by atoms with Gasteiger partial charge in [-0.3, -0.25) is 18.6 Å². The van der Waals surface area contributed by atoms with Gasteiger partial charge in [-0.1, -0.05) is 142 Å². The number of carboxylic acid groups (broad SMARTS) is 1. The number of esters is 1. The van der Waals surface area contributed by atoms with E-state index in [0.717, 1.165) is 19.3 Å². The number of amides is 1. The van der Waals surface area contributed by atoms with Crippen LogP contribution in [0.25, 0.3) is 0 Å². The molecule has 0 aliphatic rings. The molecule has 11 nitrogen and oxygen atoms in total. The van der Waals surface area contributed by atoms with Crippen molar-refractivity contribution in [2.75, 3.05) is 19.8 Å². The average molecular weight is 666 g/mol. The number of ether oxygens (including phenoxy) is 1. The summed E-state index contributed by atoms with van der Waals surface area (Å²) in [5.74, 6) is -2.48. The second-order valence-corrected chi connectivity index (χ2v) is 13.5. The maximum absolute atomic E-state index is 11.9. The molecule has 0 aliphatic carbocycles. The SMILES string of the molecule is CCCCCCCCCCCCCCCCCCCCCCCC(=O)OCC(O)COP(=O)(O)OCC(NC(=O)CC)C(=O)O. The number of aliphatic carboxylic acids is 1. The fraction of sp³-hybridized carbons (Fsp3) is 0.909. The number of rotatable bonds is 33. The highest BCUT2D eigenvalue weighted by molar-refractivity contribution is 7.47. The normalized spacial score (nSPS) is 14.0. The molecule has 0 bridgehead atoms. The smallest absolute Gasteiger partial charge is 0.472 e. The van der Waals surface area contributed by atoms with Gasteiger partial charge in [0, 0.05) is 12.8 Å². The highest BCUT2D eigenvalue weighted by Gasteiger charge is 2.28.